The lowest BCUT2D eigenvalue weighted by Gasteiger charge is -2.37. The monoisotopic (exact) mass is 458 g/mol. The number of nitrogens with one attached hydrogen (secondary N) is 1. The van der Waals surface area contributed by atoms with E-state index in [9.17, 15) is 14.7 Å². The molecule has 7 heteroatoms. The van der Waals surface area contributed by atoms with Gasteiger partial charge in [0.25, 0.3) is 5.91 Å². The number of nitrogens with zero attached hydrogens (tertiary/aromatic N) is 1. The Morgan fingerprint density at radius 3 is 2.62 bits per heavy atom. The molecule has 2 N–H and O–H groups in total. The molecular weight excluding hydrogens is 428 g/mol. The number of hydrogen-bond donors (Lipinski definition) is 2. The highest BCUT2D eigenvalue weighted by Crippen LogP contribution is 2.34. The van der Waals surface area contributed by atoms with Crippen LogP contribution in [0.15, 0.2) is 36.5 Å². The van der Waals surface area contributed by atoms with E-state index in [1.54, 1.807) is 6.07 Å². The highest BCUT2D eigenvalue weighted by molar-refractivity contribution is 6.30. The van der Waals surface area contributed by atoms with Crippen molar-refractivity contribution in [1.29, 1.82) is 0 Å². The Balaban J connectivity index is 1.70. The van der Waals surface area contributed by atoms with Gasteiger partial charge in [0.1, 0.15) is 11.3 Å². The topological polar surface area (TPSA) is 88.5 Å². The van der Waals surface area contributed by atoms with Gasteiger partial charge in [0, 0.05) is 17.6 Å². The molecule has 0 atom stereocenters. The quantitative estimate of drug-likeness (QED) is 0.547. The molecule has 0 saturated heterocycles. The SMILES string of the molecule is CCc1ncc(C(=O)NC2(C(=O)O)CCC(CC)CC2)cc1OCCc1cccc(Cl)c1. The molecule has 1 aliphatic carbocycles. The van der Waals surface area contributed by atoms with Crippen LogP contribution in [0.1, 0.15) is 67.6 Å². The third-order valence-corrected chi connectivity index (χ3v) is 6.60. The van der Waals surface area contributed by atoms with E-state index in [1.165, 1.54) is 6.20 Å². The van der Waals surface area contributed by atoms with Crippen molar-refractivity contribution in [3.63, 3.8) is 0 Å². The third-order valence-electron chi connectivity index (χ3n) is 6.36. The van der Waals surface area contributed by atoms with E-state index in [1.807, 2.05) is 31.2 Å². The molecule has 0 bridgehead atoms. The van der Waals surface area contributed by atoms with Gasteiger partial charge in [0.15, 0.2) is 0 Å². The summed E-state index contributed by atoms with van der Waals surface area (Å²) in [6, 6.07) is 9.26. The molecule has 6 nitrogen and oxygen atoms in total. The summed E-state index contributed by atoms with van der Waals surface area (Å²) >= 11 is 6.04. The minimum absolute atomic E-state index is 0.304. The van der Waals surface area contributed by atoms with Gasteiger partial charge in [-0.25, -0.2) is 4.79 Å². The second-order valence-electron chi connectivity index (χ2n) is 8.44. The number of benzene rings is 1. The summed E-state index contributed by atoms with van der Waals surface area (Å²) in [4.78, 5) is 29.4. The van der Waals surface area contributed by atoms with Crippen molar-refractivity contribution in [2.24, 2.45) is 5.92 Å². The van der Waals surface area contributed by atoms with Crippen molar-refractivity contribution < 1.29 is 19.4 Å². The first-order valence-electron chi connectivity index (χ1n) is 11.3. The maximum atomic E-state index is 13.0. The van der Waals surface area contributed by atoms with Crippen molar-refractivity contribution in [2.75, 3.05) is 6.61 Å². The van der Waals surface area contributed by atoms with Crippen LogP contribution in [0.4, 0.5) is 0 Å². The molecule has 1 amide bonds. The molecule has 1 heterocycles. The molecule has 1 aliphatic rings. The molecule has 0 aliphatic heterocycles. The number of pyridine rings is 1. The van der Waals surface area contributed by atoms with Crippen LogP contribution in [0.5, 0.6) is 5.75 Å². The molecule has 2 aromatic rings. The van der Waals surface area contributed by atoms with E-state index in [0.717, 1.165) is 30.5 Å². The fourth-order valence-corrected chi connectivity index (χ4v) is 4.43. The van der Waals surface area contributed by atoms with Gasteiger partial charge in [0.2, 0.25) is 0 Å². The Hall–Kier alpha value is -2.60. The first-order chi connectivity index (χ1) is 15.4. The highest BCUT2D eigenvalue weighted by atomic mass is 35.5. The number of rotatable bonds is 9. The first kappa shape index (κ1) is 24.1. The van der Waals surface area contributed by atoms with Gasteiger partial charge in [-0.05, 0) is 61.8 Å². The zero-order valence-corrected chi connectivity index (χ0v) is 19.5. The summed E-state index contributed by atoms with van der Waals surface area (Å²) in [7, 11) is 0. The molecular formula is C25H31ClN2O4. The van der Waals surface area contributed by atoms with Crippen LogP contribution in [-0.2, 0) is 17.6 Å². The largest absolute Gasteiger partial charge is 0.491 e. The third kappa shape index (κ3) is 5.80. The summed E-state index contributed by atoms with van der Waals surface area (Å²) in [5.41, 5.74) is 0.894. The summed E-state index contributed by atoms with van der Waals surface area (Å²) in [5.74, 6) is -0.348. The molecule has 0 radical (unpaired) electrons. The van der Waals surface area contributed by atoms with Crippen molar-refractivity contribution >= 4 is 23.5 Å². The predicted molar refractivity (Wildman–Crippen MR) is 124 cm³/mol. The molecule has 3 rings (SSSR count). The molecule has 1 saturated carbocycles. The highest BCUT2D eigenvalue weighted by Gasteiger charge is 2.43. The zero-order chi connectivity index (χ0) is 23.1. The molecule has 32 heavy (non-hydrogen) atoms. The lowest BCUT2D eigenvalue weighted by molar-refractivity contribution is -0.146. The van der Waals surface area contributed by atoms with E-state index in [0.29, 0.717) is 54.5 Å². The van der Waals surface area contributed by atoms with E-state index >= 15 is 0 Å². The van der Waals surface area contributed by atoms with Crippen molar-refractivity contribution in [1.82, 2.24) is 10.3 Å². The van der Waals surface area contributed by atoms with Crippen LogP contribution < -0.4 is 10.1 Å². The normalized spacial score (nSPS) is 20.5. The number of aryl methyl sites for hydroxylation is 1. The Morgan fingerprint density at radius 2 is 2.00 bits per heavy atom. The number of ether oxygens (including phenoxy) is 1. The summed E-state index contributed by atoms with van der Waals surface area (Å²) in [5, 5.41) is 13.3. The number of aliphatic carboxylic acids is 1. The second kappa shape index (κ2) is 10.8. The minimum Gasteiger partial charge on any atom is -0.491 e. The molecule has 0 unspecified atom stereocenters. The number of carboxylic acid groups (broad SMARTS) is 1. The zero-order valence-electron chi connectivity index (χ0n) is 18.7. The van der Waals surface area contributed by atoms with Gasteiger partial charge in [-0.15, -0.1) is 0 Å². The van der Waals surface area contributed by atoms with E-state index in [4.69, 9.17) is 16.3 Å². The van der Waals surface area contributed by atoms with Crippen LogP contribution >= 0.6 is 11.6 Å². The smallest absolute Gasteiger partial charge is 0.329 e. The standard InChI is InChI=1S/C25H31ClN2O4/c1-3-17-8-11-25(12-9-17,24(30)31)28-23(29)19-15-22(21(4-2)27-16-19)32-13-10-18-6-5-7-20(26)14-18/h5-7,14-17H,3-4,8-13H2,1-2H3,(H,28,29)(H,30,31). The number of carbonyl (C=O) groups is 2. The fraction of sp³-hybridized carbons (Fsp3) is 0.480. The maximum absolute atomic E-state index is 13.0. The van der Waals surface area contributed by atoms with Gasteiger partial charge in [-0.3, -0.25) is 9.78 Å². The molecule has 0 spiro atoms. The van der Waals surface area contributed by atoms with Crippen molar-refractivity contribution in [3.8, 4) is 5.75 Å². The lowest BCUT2D eigenvalue weighted by Crippen LogP contribution is -2.56. The van der Waals surface area contributed by atoms with Gasteiger partial charge in [-0.2, -0.15) is 0 Å². The van der Waals surface area contributed by atoms with Gasteiger partial charge < -0.3 is 15.2 Å². The molecule has 1 aromatic heterocycles. The number of halogens is 1. The van der Waals surface area contributed by atoms with Gasteiger partial charge in [0.05, 0.1) is 17.9 Å². The van der Waals surface area contributed by atoms with Crippen LogP contribution in [0.25, 0.3) is 0 Å². The van der Waals surface area contributed by atoms with Crippen LogP contribution in [-0.4, -0.2) is 34.1 Å². The maximum Gasteiger partial charge on any atom is 0.329 e. The Labute approximate surface area is 194 Å². The van der Waals surface area contributed by atoms with Crippen LogP contribution in [0.2, 0.25) is 5.02 Å². The first-order valence-corrected chi connectivity index (χ1v) is 11.7. The summed E-state index contributed by atoms with van der Waals surface area (Å²) < 4.78 is 5.95. The van der Waals surface area contributed by atoms with Crippen molar-refractivity contribution in [2.45, 2.75) is 64.3 Å². The van der Waals surface area contributed by atoms with Gasteiger partial charge >= 0.3 is 5.97 Å². The second-order valence-corrected chi connectivity index (χ2v) is 8.88. The Morgan fingerprint density at radius 1 is 1.25 bits per heavy atom. The predicted octanol–water partition coefficient (Wildman–Crippen LogP) is 5.07. The average Bonchev–Trinajstić information content (AvgIpc) is 2.79. The Bertz CT molecular complexity index is 955. The minimum atomic E-state index is -1.22. The van der Waals surface area contributed by atoms with Crippen LogP contribution in [0, 0.1) is 5.92 Å². The number of amides is 1. The summed E-state index contributed by atoms with van der Waals surface area (Å²) in [6.45, 7) is 4.50. The van der Waals surface area contributed by atoms with Crippen molar-refractivity contribution in [3.05, 3.63) is 58.4 Å². The Kier molecular flexibility index (Phi) is 8.13. The van der Waals surface area contributed by atoms with Crippen LogP contribution in [0.3, 0.4) is 0 Å². The number of hydrogen-bond acceptors (Lipinski definition) is 4. The molecule has 172 valence electrons. The van der Waals surface area contributed by atoms with E-state index in [2.05, 4.69) is 17.2 Å². The number of carboxylic acids is 1. The van der Waals surface area contributed by atoms with E-state index < -0.39 is 17.4 Å². The summed E-state index contributed by atoms with van der Waals surface area (Å²) in [6.07, 6.45) is 6.33. The molecule has 1 aromatic carbocycles. The molecule has 1 fully saturated rings. The van der Waals surface area contributed by atoms with Gasteiger partial charge in [-0.1, -0.05) is 44.0 Å². The number of carbonyl (C=O) groups excluding carboxylic acids is 1. The average molecular weight is 459 g/mol. The fourth-order valence-electron chi connectivity index (χ4n) is 4.22. The lowest BCUT2D eigenvalue weighted by atomic mass is 9.75. The van der Waals surface area contributed by atoms with E-state index in [-0.39, 0.29) is 0 Å². The number of aromatic nitrogens is 1.